The molecular weight excluding hydrogens is 398 g/mol. The maximum atomic E-state index is 12.1. The minimum Gasteiger partial charge on any atom is -0.466 e. The van der Waals surface area contributed by atoms with Crippen LogP contribution in [0.25, 0.3) is 0 Å². The Morgan fingerprint density at radius 2 is 1.90 bits per heavy atom. The molecule has 0 aliphatic rings. The second-order valence-electron chi connectivity index (χ2n) is 4.79. The number of ether oxygens (including phenoxy) is 1. The van der Waals surface area contributed by atoms with Crippen LogP contribution in [0.4, 0.5) is 0 Å². The van der Waals surface area contributed by atoms with E-state index >= 15 is 0 Å². The fraction of sp³-hybridized carbons (Fsp3) is 0.533. The molecule has 118 valence electrons. The highest BCUT2D eigenvalue weighted by Gasteiger charge is 2.29. The maximum absolute atomic E-state index is 12.1. The Hall–Kier alpha value is 0.0400. The third kappa shape index (κ3) is 8.29. The molecule has 2 atom stereocenters. The van der Waals surface area contributed by atoms with Crippen molar-refractivity contribution in [2.24, 2.45) is 5.92 Å². The molecule has 0 aliphatic carbocycles. The Kier molecular flexibility index (Phi) is 8.40. The van der Waals surface area contributed by atoms with E-state index in [1.165, 1.54) is 0 Å². The summed E-state index contributed by atoms with van der Waals surface area (Å²) >= 11 is 20.9. The Labute approximate surface area is 149 Å². The second kappa shape index (κ2) is 9.24. The molecule has 0 spiro atoms. The molecule has 0 heterocycles. The minimum absolute atomic E-state index is 0.0666. The molecule has 1 aromatic rings. The van der Waals surface area contributed by atoms with Crippen LogP contribution in [-0.2, 0) is 16.0 Å². The first-order valence-corrected chi connectivity index (χ1v) is 8.78. The number of alkyl halides is 4. The summed E-state index contributed by atoms with van der Waals surface area (Å²) in [5.41, 5.74) is 1.09. The van der Waals surface area contributed by atoms with Crippen molar-refractivity contribution in [1.29, 1.82) is 0 Å². The Balaban J connectivity index is 2.71. The van der Waals surface area contributed by atoms with Crippen LogP contribution in [0.1, 0.15) is 25.3 Å². The van der Waals surface area contributed by atoms with Crippen molar-refractivity contribution in [3.63, 3.8) is 0 Å². The molecule has 0 bridgehead atoms. The van der Waals surface area contributed by atoms with Crippen LogP contribution in [0.5, 0.6) is 0 Å². The number of rotatable bonds is 7. The van der Waals surface area contributed by atoms with E-state index in [1.54, 1.807) is 6.92 Å². The average molecular weight is 417 g/mol. The molecule has 0 saturated carbocycles. The summed E-state index contributed by atoms with van der Waals surface area (Å²) in [5, 5.41) is 0. The van der Waals surface area contributed by atoms with Crippen molar-refractivity contribution >= 4 is 56.7 Å². The van der Waals surface area contributed by atoms with E-state index in [2.05, 4.69) is 15.9 Å². The quantitative estimate of drug-likeness (QED) is 0.444. The normalized spacial score (nSPS) is 14.5. The molecule has 0 aromatic heterocycles. The van der Waals surface area contributed by atoms with Crippen molar-refractivity contribution in [2.45, 2.75) is 34.8 Å². The number of carbonyl (C=O) groups is 1. The highest BCUT2D eigenvalue weighted by Crippen LogP contribution is 2.36. The average Bonchev–Trinajstić information content (AvgIpc) is 2.37. The third-order valence-electron chi connectivity index (χ3n) is 2.94. The Morgan fingerprint density at radius 3 is 2.43 bits per heavy atom. The lowest BCUT2D eigenvalue weighted by Crippen LogP contribution is -2.25. The number of benzene rings is 1. The van der Waals surface area contributed by atoms with Crippen molar-refractivity contribution in [1.82, 2.24) is 0 Å². The number of hydrogen-bond acceptors (Lipinski definition) is 2. The summed E-state index contributed by atoms with van der Waals surface area (Å²) in [6, 6.07) is 9.82. The van der Waals surface area contributed by atoms with Crippen molar-refractivity contribution < 1.29 is 9.53 Å². The van der Waals surface area contributed by atoms with Gasteiger partial charge in [-0.05, 0) is 25.3 Å². The summed E-state index contributed by atoms with van der Waals surface area (Å²) < 4.78 is 3.82. The maximum Gasteiger partial charge on any atom is 0.309 e. The Bertz CT molecular complexity index is 434. The van der Waals surface area contributed by atoms with E-state index in [1.807, 2.05) is 30.3 Å². The predicted molar refractivity (Wildman–Crippen MR) is 92.5 cm³/mol. The molecule has 21 heavy (non-hydrogen) atoms. The van der Waals surface area contributed by atoms with Gasteiger partial charge in [0.05, 0.1) is 12.5 Å². The summed E-state index contributed by atoms with van der Waals surface area (Å²) in [7, 11) is 0. The zero-order valence-electron chi connectivity index (χ0n) is 11.7. The monoisotopic (exact) mass is 414 g/mol. The third-order valence-corrected chi connectivity index (χ3v) is 4.10. The van der Waals surface area contributed by atoms with Gasteiger partial charge in [-0.3, -0.25) is 4.79 Å². The standard InChI is InChI=1S/C15H18BrCl3O2/c1-2-21-14(20)12(8-11-6-4-3-5-7-11)9-13(16)10-15(17,18)19/h3-7,12-13H,2,8-10H2,1H3. The van der Waals surface area contributed by atoms with Gasteiger partial charge >= 0.3 is 5.97 Å². The zero-order chi connectivity index (χ0) is 15.9. The van der Waals surface area contributed by atoms with E-state index in [-0.39, 0.29) is 16.7 Å². The minimum atomic E-state index is -1.33. The summed E-state index contributed by atoms with van der Waals surface area (Å²) in [6.07, 6.45) is 1.51. The van der Waals surface area contributed by atoms with Crippen LogP contribution < -0.4 is 0 Å². The van der Waals surface area contributed by atoms with Crippen LogP contribution in [0.15, 0.2) is 30.3 Å². The zero-order valence-corrected chi connectivity index (χ0v) is 15.6. The van der Waals surface area contributed by atoms with Gasteiger partial charge in [0.25, 0.3) is 0 Å². The smallest absolute Gasteiger partial charge is 0.309 e. The number of hydrogen-bond donors (Lipinski definition) is 0. The fourth-order valence-electron chi connectivity index (χ4n) is 2.06. The molecule has 2 unspecified atom stereocenters. The summed E-state index contributed by atoms with van der Waals surface area (Å²) in [4.78, 5) is 12.0. The molecule has 2 nitrogen and oxygen atoms in total. The first-order chi connectivity index (χ1) is 9.81. The molecule has 0 radical (unpaired) electrons. The van der Waals surface area contributed by atoms with Gasteiger partial charge in [0.15, 0.2) is 3.79 Å². The molecule has 1 rings (SSSR count). The molecule has 6 heteroatoms. The van der Waals surface area contributed by atoms with Crippen LogP contribution >= 0.6 is 50.7 Å². The van der Waals surface area contributed by atoms with Crippen molar-refractivity contribution in [3.8, 4) is 0 Å². The molecule has 0 N–H and O–H groups in total. The van der Waals surface area contributed by atoms with E-state index < -0.39 is 3.79 Å². The lowest BCUT2D eigenvalue weighted by molar-refractivity contribution is -0.148. The molecule has 0 fully saturated rings. The number of esters is 1. The molecule has 1 aromatic carbocycles. The number of halogens is 4. The Morgan fingerprint density at radius 1 is 1.29 bits per heavy atom. The van der Waals surface area contributed by atoms with E-state index in [9.17, 15) is 4.79 Å². The molecule has 0 amide bonds. The van der Waals surface area contributed by atoms with Gasteiger partial charge in [-0.1, -0.05) is 81.1 Å². The van der Waals surface area contributed by atoms with Gasteiger partial charge in [-0.15, -0.1) is 0 Å². The molecule has 0 saturated heterocycles. The van der Waals surface area contributed by atoms with E-state index in [0.717, 1.165) is 5.56 Å². The second-order valence-corrected chi connectivity index (χ2v) is 8.60. The van der Waals surface area contributed by atoms with Crippen LogP contribution in [0, 0.1) is 5.92 Å². The van der Waals surface area contributed by atoms with Crippen LogP contribution in [0.3, 0.4) is 0 Å². The lowest BCUT2D eigenvalue weighted by Gasteiger charge is -2.21. The molecule has 0 aliphatic heterocycles. The van der Waals surface area contributed by atoms with Gasteiger partial charge in [-0.2, -0.15) is 0 Å². The topological polar surface area (TPSA) is 26.3 Å². The van der Waals surface area contributed by atoms with E-state index in [4.69, 9.17) is 39.5 Å². The van der Waals surface area contributed by atoms with Gasteiger partial charge < -0.3 is 4.74 Å². The van der Waals surface area contributed by atoms with E-state index in [0.29, 0.717) is 25.9 Å². The lowest BCUT2D eigenvalue weighted by atomic mass is 9.94. The van der Waals surface area contributed by atoms with Gasteiger partial charge in [0.2, 0.25) is 0 Å². The highest BCUT2D eigenvalue weighted by molar-refractivity contribution is 9.09. The van der Waals surface area contributed by atoms with Crippen LogP contribution in [-0.4, -0.2) is 21.2 Å². The van der Waals surface area contributed by atoms with Gasteiger partial charge in [0, 0.05) is 11.2 Å². The van der Waals surface area contributed by atoms with Crippen LogP contribution in [0.2, 0.25) is 0 Å². The molecular formula is C15H18BrCl3O2. The summed E-state index contributed by atoms with van der Waals surface area (Å²) in [5.74, 6) is -0.473. The van der Waals surface area contributed by atoms with Gasteiger partial charge in [-0.25, -0.2) is 0 Å². The van der Waals surface area contributed by atoms with Gasteiger partial charge in [0.1, 0.15) is 0 Å². The highest BCUT2D eigenvalue weighted by atomic mass is 79.9. The van der Waals surface area contributed by atoms with Crippen molar-refractivity contribution in [2.75, 3.05) is 6.61 Å². The first-order valence-electron chi connectivity index (χ1n) is 6.73. The first kappa shape index (κ1) is 19.1. The number of carbonyl (C=O) groups excluding carboxylic acids is 1. The fourth-order valence-corrected chi connectivity index (χ4v) is 4.12. The SMILES string of the molecule is CCOC(=O)C(Cc1ccccc1)CC(Br)CC(Cl)(Cl)Cl. The summed E-state index contributed by atoms with van der Waals surface area (Å²) in [6.45, 7) is 2.16. The van der Waals surface area contributed by atoms with Crippen molar-refractivity contribution in [3.05, 3.63) is 35.9 Å². The largest absolute Gasteiger partial charge is 0.466 e. The predicted octanol–water partition coefficient (Wildman–Crippen LogP) is 5.32.